The molecule has 2 rings (SSSR count). The maximum atomic E-state index is 12.2. The number of hydrogen-bond donors (Lipinski definition) is 3. The Labute approximate surface area is 157 Å². The predicted octanol–water partition coefficient (Wildman–Crippen LogP) is 1.53. The van der Waals surface area contributed by atoms with E-state index in [1.807, 2.05) is 33.0 Å². The molecule has 27 heavy (non-hydrogen) atoms. The van der Waals surface area contributed by atoms with Crippen LogP contribution in [0.4, 0.5) is 0 Å². The molecule has 1 atom stereocenters. The van der Waals surface area contributed by atoms with Gasteiger partial charge in [0.1, 0.15) is 6.04 Å². The van der Waals surface area contributed by atoms with Crippen molar-refractivity contribution >= 4 is 17.8 Å². The van der Waals surface area contributed by atoms with Crippen LogP contribution < -0.4 is 10.6 Å². The summed E-state index contributed by atoms with van der Waals surface area (Å²) < 4.78 is 1.70. The molecule has 0 unspecified atom stereocenters. The van der Waals surface area contributed by atoms with Crippen molar-refractivity contribution < 1.29 is 19.5 Å². The fourth-order valence-electron chi connectivity index (χ4n) is 2.53. The first-order valence-corrected chi connectivity index (χ1v) is 8.69. The van der Waals surface area contributed by atoms with Crippen molar-refractivity contribution in [2.24, 2.45) is 5.92 Å². The average Bonchev–Trinajstić information content (AvgIpc) is 3.05. The van der Waals surface area contributed by atoms with Gasteiger partial charge in [-0.3, -0.25) is 9.59 Å². The molecule has 0 spiro atoms. The smallest absolute Gasteiger partial charge is 0.326 e. The van der Waals surface area contributed by atoms with Crippen molar-refractivity contribution in [3.63, 3.8) is 0 Å². The topological polar surface area (TPSA) is 113 Å². The summed E-state index contributed by atoms with van der Waals surface area (Å²) in [7, 11) is 0. The first-order chi connectivity index (χ1) is 12.8. The van der Waals surface area contributed by atoms with Gasteiger partial charge >= 0.3 is 5.97 Å². The molecule has 0 radical (unpaired) electrons. The molecule has 8 heteroatoms. The first kappa shape index (κ1) is 20.2. The molecule has 144 valence electrons. The Bertz CT molecular complexity index is 811. The van der Waals surface area contributed by atoms with Crippen molar-refractivity contribution in [2.75, 3.05) is 6.54 Å². The number of aromatic nitrogens is 2. The van der Waals surface area contributed by atoms with E-state index in [0.717, 1.165) is 11.4 Å². The van der Waals surface area contributed by atoms with Crippen molar-refractivity contribution in [1.82, 2.24) is 20.4 Å². The third-order valence-corrected chi connectivity index (χ3v) is 3.87. The maximum absolute atomic E-state index is 12.2. The molecule has 0 saturated carbocycles. The quantitative estimate of drug-likeness (QED) is 0.650. The van der Waals surface area contributed by atoms with E-state index in [4.69, 9.17) is 5.11 Å². The lowest BCUT2D eigenvalue weighted by atomic mass is 10.0. The molecule has 1 aromatic heterocycles. The molecule has 2 aromatic rings. The molecular formula is C19H24N4O4. The van der Waals surface area contributed by atoms with Crippen LogP contribution in [0.25, 0.3) is 5.69 Å². The number of carbonyl (C=O) groups is 3. The van der Waals surface area contributed by atoms with Crippen LogP contribution in [0.3, 0.4) is 0 Å². The van der Waals surface area contributed by atoms with Gasteiger partial charge in [-0.2, -0.15) is 5.10 Å². The van der Waals surface area contributed by atoms with Crippen molar-refractivity contribution in [2.45, 2.75) is 33.2 Å². The highest BCUT2D eigenvalue weighted by Gasteiger charge is 2.21. The zero-order valence-corrected chi connectivity index (χ0v) is 15.6. The van der Waals surface area contributed by atoms with Crippen molar-refractivity contribution in [3.05, 3.63) is 47.8 Å². The second-order valence-electron chi connectivity index (χ2n) is 6.72. The summed E-state index contributed by atoms with van der Waals surface area (Å²) in [6, 6.07) is 7.69. The van der Waals surface area contributed by atoms with Crippen LogP contribution in [0.1, 0.15) is 36.3 Å². The Balaban J connectivity index is 1.89. The number of hydrogen-bond acceptors (Lipinski definition) is 4. The number of carboxylic acid groups (broad SMARTS) is 1. The minimum absolute atomic E-state index is 0.123. The van der Waals surface area contributed by atoms with E-state index in [0.29, 0.717) is 12.0 Å². The van der Waals surface area contributed by atoms with Gasteiger partial charge in [0, 0.05) is 11.8 Å². The molecule has 1 aromatic carbocycles. The third-order valence-electron chi connectivity index (χ3n) is 3.87. The van der Waals surface area contributed by atoms with Gasteiger partial charge in [0.25, 0.3) is 5.91 Å². The van der Waals surface area contributed by atoms with Crippen molar-refractivity contribution in [1.29, 1.82) is 0 Å². The zero-order valence-electron chi connectivity index (χ0n) is 15.6. The van der Waals surface area contributed by atoms with Gasteiger partial charge in [0.05, 0.1) is 17.9 Å². The van der Waals surface area contributed by atoms with Crippen LogP contribution in [0.15, 0.2) is 36.5 Å². The van der Waals surface area contributed by atoms with Crippen LogP contribution >= 0.6 is 0 Å². The molecule has 3 N–H and O–H groups in total. The number of aryl methyl sites for hydroxylation is 1. The predicted molar refractivity (Wildman–Crippen MR) is 99.7 cm³/mol. The summed E-state index contributed by atoms with van der Waals surface area (Å²) in [4.78, 5) is 35.3. The number of nitrogens with one attached hydrogen (secondary N) is 2. The molecule has 0 bridgehead atoms. The average molecular weight is 372 g/mol. The minimum Gasteiger partial charge on any atom is -0.480 e. The van der Waals surface area contributed by atoms with Gasteiger partial charge < -0.3 is 15.7 Å². The van der Waals surface area contributed by atoms with Gasteiger partial charge in [-0.25, -0.2) is 9.48 Å². The Morgan fingerprint density at radius 3 is 2.33 bits per heavy atom. The van der Waals surface area contributed by atoms with E-state index in [1.54, 1.807) is 28.9 Å². The second kappa shape index (κ2) is 8.98. The molecular weight excluding hydrogens is 348 g/mol. The lowest BCUT2D eigenvalue weighted by molar-refractivity contribution is -0.142. The fraction of sp³-hybridized carbons (Fsp3) is 0.368. The van der Waals surface area contributed by atoms with Crippen LogP contribution in [0, 0.1) is 12.8 Å². The third kappa shape index (κ3) is 5.95. The van der Waals surface area contributed by atoms with E-state index in [2.05, 4.69) is 15.7 Å². The van der Waals surface area contributed by atoms with Crippen LogP contribution in [-0.4, -0.2) is 45.3 Å². The number of rotatable bonds is 8. The number of benzene rings is 1. The van der Waals surface area contributed by atoms with Gasteiger partial charge in [-0.1, -0.05) is 13.8 Å². The lowest BCUT2D eigenvalue weighted by Crippen LogP contribution is -2.46. The van der Waals surface area contributed by atoms with E-state index in [-0.39, 0.29) is 12.5 Å². The van der Waals surface area contributed by atoms with E-state index in [1.165, 1.54) is 0 Å². The highest BCUT2D eigenvalue weighted by atomic mass is 16.4. The second-order valence-corrected chi connectivity index (χ2v) is 6.72. The molecule has 0 saturated heterocycles. The standard InChI is InChI=1S/C19H24N4O4/c1-12(2)10-16(19(26)27)21-17(24)11-20-18(25)14-4-6-15(7-5-14)23-9-8-13(3)22-23/h4-9,12,16H,10-11H2,1-3H3,(H,20,25)(H,21,24)(H,26,27)/t16-/m0/s1. The zero-order chi connectivity index (χ0) is 20.0. The summed E-state index contributed by atoms with van der Waals surface area (Å²) in [5.74, 6) is -1.92. The van der Waals surface area contributed by atoms with E-state index >= 15 is 0 Å². The van der Waals surface area contributed by atoms with Gasteiger partial charge in [-0.05, 0) is 49.6 Å². The summed E-state index contributed by atoms with van der Waals surface area (Å²) in [5.41, 5.74) is 2.10. The summed E-state index contributed by atoms with van der Waals surface area (Å²) in [5, 5.41) is 18.3. The number of amides is 2. The minimum atomic E-state index is -1.09. The molecule has 2 amide bonds. The SMILES string of the molecule is Cc1ccn(-c2ccc(C(=O)NCC(=O)N[C@@H](CC(C)C)C(=O)O)cc2)n1. The van der Waals surface area contributed by atoms with Gasteiger partial charge in [0.2, 0.25) is 5.91 Å². The highest BCUT2D eigenvalue weighted by molar-refractivity contribution is 5.97. The summed E-state index contributed by atoms with van der Waals surface area (Å²) in [6.45, 7) is 5.34. The van der Waals surface area contributed by atoms with Crippen molar-refractivity contribution in [3.8, 4) is 5.69 Å². The fourth-order valence-corrected chi connectivity index (χ4v) is 2.53. The Kier molecular flexibility index (Phi) is 6.70. The lowest BCUT2D eigenvalue weighted by Gasteiger charge is -2.16. The monoisotopic (exact) mass is 372 g/mol. The van der Waals surface area contributed by atoms with Gasteiger partial charge in [-0.15, -0.1) is 0 Å². The number of carbonyl (C=O) groups excluding carboxylic acids is 2. The maximum Gasteiger partial charge on any atom is 0.326 e. The molecule has 0 fully saturated rings. The van der Waals surface area contributed by atoms with Crippen LogP contribution in [0.5, 0.6) is 0 Å². The largest absolute Gasteiger partial charge is 0.480 e. The number of carboxylic acids is 1. The van der Waals surface area contributed by atoms with Crippen LogP contribution in [-0.2, 0) is 9.59 Å². The van der Waals surface area contributed by atoms with Crippen LogP contribution in [0.2, 0.25) is 0 Å². The highest BCUT2D eigenvalue weighted by Crippen LogP contribution is 2.10. The molecule has 1 heterocycles. The van der Waals surface area contributed by atoms with E-state index in [9.17, 15) is 14.4 Å². The summed E-state index contributed by atoms with van der Waals surface area (Å²) >= 11 is 0. The Hall–Kier alpha value is -3.16. The first-order valence-electron chi connectivity index (χ1n) is 8.69. The molecule has 8 nitrogen and oxygen atoms in total. The molecule has 0 aliphatic carbocycles. The number of nitrogens with zero attached hydrogens (tertiary/aromatic N) is 2. The number of aliphatic carboxylic acids is 1. The summed E-state index contributed by atoms with van der Waals surface area (Å²) in [6.07, 6.45) is 2.15. The van der Waals surface area contributed by atoms with Gasteiger partial charge in [0.15, 0.2) is 0 Å². The molecule has 0 aliphatic rings. The molecule has 0 aliphatic heterocycles. The normalized spacial score (nSPS) is 11.9. The Morgan fingerprint density at radius 2 is 1.81 bits per heavy atom. The Morgan fingerprint density at radius 1 is 1.15 bits per heavy atom. The van der Waals surface area contributed by atoms with E-state index < -0.39 is 23.8 Å².